The number of nitrogens with one attached hydrogen (secondary N) is 1. The van der Waals surface area contributed by atoms with Crippen molar-refractivity contribution in [3.05, 3.63) is 51.8 Å². The number of carbonyl (C=O) groups is 1. The molecule has 120 valence electrons. The van der Waals surface area contributed by atoms with Crippen LogP contribution in [0.2, 0.25) is 0 Å². The van der Waals surface area contributed by atoms with Gasteiger partial charge in [0.05, 0.1) is 18.4 Å². The molecule has 0 radical (unpaired) electrons. The van der Waals surface area contributed by atoms with E-state index in [-0.39, 0.29) is 11.7 Å². The number of ether oxygens (including phenoxy) is 1. The summed E-state index contributed by atoms with van der Waals surface area (Å²) in [6, 6.07) is 6.73. The molecule has 23 heavy (non-hydrogen) atoms. The largest absolute Gasteiger partial charge is 0.504 e. The standard InChI is InChI=1S/C16H16BrN3O3/c1-3-23-14-7-13(17)6-12(15(14)21)9-19-20-16(22)11-5-4-10(2)18-8-11/h4-9,21H,3H2,1-2H3,(H,20,22)/b19-9-. The molecule has 1 heterocycles. The van der Waals surface area contributed by atoms with Crippen molar-refractivity contribution < 1.29 is 14.6 Å². The summed E-state index contributed by atoms with van der Waals surface area (Å²) in [5, 5.41) is 14.0. The number of hydrazone groups is 1. The van der Waals surface area contributed by atoms with Gasteiger partial charge in [0.1, 0.15) is 0 Å². The van der Waals surface area contributed by atoms with Crippen molar-refractivity contribution in [2.24, 2.45) is 5.10 Å². The molecule has 2 rings (SSSR count). The van der Waals surface area contributed by atoms with E-state index in [4.69, 9.17) is 4.74 Å². The molecule has 0 fully saturated rings. The molecule has 0 saturated heterocycles. The number of hydrogen-bond acceptors (Lipinski definition) is 5. The van der Waals surface area contributed by atoms with Crippen LogP contribution in [0.3, 0.4) is 0 Å². The number of aromatic hydroxyl groups is 1. The second-order valence-electron chi connectivity index (χ2n) is 4.66. The highest BCUT2D eigenvalue weighted by atomic mass is 79.9. The van der Waals surface area contributed by atoms with Gasteiger partial charge in [-0.25, -0.2) is 5.43 Å². The highest BCUT2D eigenvalue weighted by Crippen LogP contribution is 2.32. The summed E-state index contributed by atoms with van der Waals surface area (Å²) in [6.45, 7) is 4.09. The fraction of sp³-hybridized carbons (Fsp3) is 0.188. The Bertz CT molecular complexity index is 730. The summed E-state index contributed by atoms with van der Waals surface area (Å²) in [5.41, 5.74) is 4.04. The van der Waals surface area contributed by atoms with Gasteiger partial charge in [0.25, 0.3) is 5.91 Å². The van der Waals surface area contributed by atoms with Gasteiger partial charge in [0.15, 0.2) is 11.5 Å². The van der Waals surface area contributed by atoms with E-state index in [9.17, 15) is 9.90 Å². The van der Waals surface area contributed by atoms with E-state index in [0.717, 1.165) is 10.2 Å². The Morgan fingerprint density at radius 2 is 2.26 bits per heavy atom. The van der Waals surface area contributed by atoms with Crippen molar-refractivity contribution >= 4 is 28.1 Å². The molecule has 0 aliphatic carbocycles. The molecule has 2 N–H and O–H groups in total. The predicted octanol–water partition coefficient (Wildman–Crippen LogP) is 3.02. The summed E-state index contributed by atoms with van der Waals surface area (Å²) < 4.78 is 6.06. The lowest BCUT2D eigenvalue weighted by atomic mass is 10.2. The van der Waals surface area contributed by atoms with Gasteiger partial charge in [0, 0.05) is 21.9 Å². The van der Waals surface area contributed by atoms with E-state index in [2.05, 4.69) is 31.4 Å². The maximum atomic E-state index is 11.9. The Hall–Kier alpha value is -2.41. The Labute approximate surface area is 142 Å². The average Bonchev–Trinajstić information content (AvgIpc) is 2.52. The van der Waals surface area contributed by atoms with E-state index >= 15 is 0 Å². The number of aryl methyl sites for hydroxylation is 1. The number of hydrogen-bond donors (Lipinski definition) is 2. The average molecular weight is 378 g/mol. The first kappa shape index (κ1) is 17.0. The first-order valence-electron chi connectivity index (χ1n) is 6.92. The lowest BCUT2D eigenvalue weighted by molar-refractivity contribution is 0.0954. The van der Waals surface area contributed by atoms with Gasteiger partial charge in [-0.05, 0) is 38.1 Å². The quantitative estimate of drug-likeness (QED) is 0.619. The predicted molar refractivity (Wildman–Crippen MR) is 91.0 cm³/mol. The van der Waals surface area contributed by atoms with Gasteiger partial charge in [-0.2, -0.15) is 5.10 Å². The topological polar surface area (TPSA) is 83.8 Å². The molecule has 1 aromatic carbocycles. The lowest BCUT2D eigenvalue weighted by Crippen LogP contribution is -2.17. The molecule has 2 aromatic rings. The summed E-state index contributed by atoms with van der Waals surface area (Å²) >= 11 is 3.33. The first-order chi connectivity index (χ1) is 11.0. The number of pyridine rings is 1. The van der Waals surface area contributed by atoms with Gasteiger partial charge < -0.3 is 9.84 Å². The van der Waals surface area contributed by atoms with Crippen LogP contribution in [0.15, 0.2) is 40.0 Å². The SMILES string of the molecule is CCOc1cc(Br)cc(/C=N\NC(=O)c2ccc(C)nc2)c1O. The van der Waals surface area contributed by atoms with Crippen LogP contribution in [0.25, 0.3) is 0 Å². The second kappa shape index (κ2) is 7.73. The zero-order chi connectivity index (χ0) is 16.8. The van der Waals surface area contributed by atoms with Crippen LogP contribution < -0.4 is 10.2 Å². The molecule has 0 unspecified atom stereocenters. The van der Waals surface area contributed by atoms with Crippen molar-refractivity contribution in [2.75, 3.05) is 6.61 Å². The minimum atomic E-state index is -0.381. The van der Waals surface area contributed by atoms with Crippen molar-refractivity contribution in [1.82, 2.24) is 10.4 Å². The number of phenolic OH excluding ortho intramolecular Hbond substituents is 1. The molecular weight excluding hydrogens is 362 g/mol. The molecule has 7 heteroatoms. The number of halogens is 1. The summed E-state index contributed by atoms with van der Waals surface area (Å²) in [6.07, 6.45) is 2.83. The Morgan fingerprint density at radius 1 is 1.48 bits per heavy atom. The van der Waals surface area contributed by atoms with Crippen molar-refractivity contribution in [3.8, 4) is 11.5 Å². The lowest BCUT2D eigenvalue weighted by Gasteiger charge is -2.08. The Morgan fingerprint density at radius 3 is 2.91 bits per heavy atom. The molecular formula is C16H16BrN3O3. The van der Waals surface area contributed by atoms with E-state index < -0.39 is 0 Å². The summed E-state index contributed by atoms with van der Waals surface area (Å²) in [7, 11) is 0. The Balaban J connectivity index is 2.11. The normalized spacial score (nSPS) is 10.7. The highest BCUT2D eigenvalue weighted by molar-refractivity contribution is 9.10. The van der Waals surface area contributed by atoms with Gasteiger partial charge >= 0.3 is 0 Å². The van der Waals surface area contributed by atoms with Gasteiger partial charge in [0.2, 0.25) is 0 Å². The zero-order valence-corrected chi connectivity index (χ0v) is 14.3. The molecule has 6 nitrogen and oxygen atoms in total. The van der Waals surface area contributed by atoms with E-state index in [1.807, 2.05) is 13.8 Å². The van der Waals surface area contributed by atoms with Crippen LogP contribution in [-0.2, 0) is 0 Å². The van der Waals surface area contributed by atoms with E-state index in [1.54, 1.807) is 24.3 Å². The summed E-state index contributed by atoms with van der Waals surface area (Å²) in [4.78, 5) is 16.0. The summed E-state index contributed by atoms with van der Waals surface area (Å²) in [5.74, 6) is -0.0734. The molecule has 1 aromatic heterocycles. The van der Waals surface area contributed by atoms with Crippen LogP contribution in [0.4, 0.5) is 0 Å². The minimum absolute atomic E-state index is 0.0370. The third-order valence-electron chi connectivity index (χ3n) is 2.91. The maximum absolute atomic E-state index is 11.9. The highest BCUT2D eigenvalue weighted by Gasteiger charge is 2.09. The number of rotatable bonds is 5. The number of nitrogens with zero attached hydrogens (tertiary/aromatic N) is 2. The number of aromatic nitrogens is 1. The molecule has 0 aliphatic heterocycles. The number of amides is 1. The van der Waals surface area contributed by atoms with Gasteiger partial charge in [-0.1, -0.05) is 15.9 Å². The van der Waals surface area contributed by atoms with Crippen LogP contribution >= 0.6 is 15.9 Å². The van der Waals surface area contributed by atoms with Gasteiger partial charge in [-0.3, -0.25) is 9.78 Å². The number of phenols is 1. The first-order valence-corrected chi connectivity index (χ1v) is 7.72. The maximum Gasteiger partial charge on any atom is 0.272 e. The molecule has 0 atom stereocenters. The monoisotopic (exact) mass is 377 g/mol. The third kappa shape index (κ3) is 4.53. The van der Waals surface area contributed by atoms with Crippen LogP contribution in [0.5, 0.6) is 11.5 Å². The fourth-order valence-electron chi connectivity index (χ4n) is 1.79. The molecule has 0 saturated carbocycles. The van der Waals surface area contributed by atoms with E-state index in [0.29, 0.717) is 23.5 Å². The number of benzene rings is 1. The molecule has 0 aliphatic rings. The smallest absolute Gasteiger partial charge is 0.272 e. The van der Waals surface area contributed by atoms with Crippen LogP contribution in [0.1, 0.15) is 28.5 Å². The fourth-order valence-corrected chi connectivity index (χ4v) is 2.24. The van der Waals surface area contributed by atoms with Crippen LogP contribution in [0, 0.1) is 6.92 Å². The second-order valence-corrected chi connectivity index (χ2v) is 5.58. The molecule has 0 spiro atoms. The van der Waals surface area contributed by atoms with Crippen LogP contribution in [-0.4, -0.2) is 28.8 Å². The molecule has 1 amide bonds. The number of carbonyl (C=O) groups excluding carboxylic acids is 1. The Kier molecular flexibility index (Phi) is 5.70. The zero-order valence-electron chi connectivity index (χ0n) is 12.7. The van der Waals surface area contributed by atoms with Crippen molar-refractivity contribution in [1.29, 1.82) is 0 Å². The molecule has 0 bridgehead atoms. The minimum Gasteiger partial charge on any atom is -0.504 e. The van der Waals surface area contributed by atoms with E-state index in [1.165, 1.54) is 12.4 Å². The van der Waals surface area contributed by atoms with Crippen molar-refractivity contribution in [3.63, 3.8) is 0 Å². The van der Waals surface area contributed by atoms with Gasteiger partial charge in [-0.15, -0.1) is 0 Å². The van der Waals surface area contributed by atoms with Crippen molar-refractivity contribution in [2.45, 2.75) is 13.8 Å². The third-order valence-corrected chi connectivity index (χ3v) is 3.37.